The zero-order valence-corrected chi connectivity index (χ0v) is 16.4. The van der Waals surface area contributed by atoms with Crippen LogP contribution in [0.2, 0.25) is 0 Å². The zero-order chi connectivity index (χ0) is 20.4. The third-order valence-corrected chi connectivity index (χ3v) is 7.40. The van der Waals surface area contributed by atoms with Crippen LogP contribution in [0.25, 0.3) is 17.1 Å². The summed E-state index contributed by atoms with van der Waals surface area (Å²) in [5.74, 6) is 0.997. The second-order valence-electron chi connectivity index (χ2n) is 9.19. The minimum absolute atomic E-state index is 0.0310. The van der Waals surface area contributed by atoms with E-state index in [4.69, 9.17) is 4.74 Å². The summed E-state index contributed by atoms with van der Waals surface area (Å²) in [5, 5.41) is 13.9. The van der Waals surface area contributed by atoms with Crippen molar-refractivity contribution in [1.29, 1.82) is 0 Å². The maximum Gasteiger partial charge on any atom is 0.345 e. The molecule has 7 nitrogen and oxygen atoms in total. The van der Waals surface area contributed by atoms with Crippen molar-refractivity contribution in [2.45, 2.75) is 38.1 Å². The number of ether oxygens (including phenoxy) is 1. The first-order valence-corrected chi connectivity index (χ1v) is 10.7. The smallest absolute Gasteiger partial charge is 0.345 e. The fourth-order valence-electron chi connectivity index (χ4n) is 6.37. The standard InChI is InChI=1S/C23H23N3O4/c27-20-17(9-15-10-25-21-16(15)2-1-3-24-21)30-22(18(20)23(28)29)26-19-13-5-11-4-12(7-13)8-14(19)6-11/h1-3,9-14,19,26H,4-8H2,(H,24,25)(H,28,29). The molecule has 0 spiro atoms. The number of Topliss-reactive ketones (excluding diaryl/α,β-unsaturated/α-hetero) is 1. The van der Waals surface area contributed by atoms with Crippen LogP contribution < -0.4 is 5.32 Å². The highest BCUT2D eigenvalue weighted by Crippen LogP contribution is 2.54. The number of pyridine rings is 1. The van der Waals surface area contributed by atoms with Crippen molar-refractivity contribution in [3.63, 3.8) is 0 Å². The fourth-order valence-corrected chi connectivity index (χ4v) is 6.37. The maximum absolute atomic E-state index is 12.9. The Balaban J connectivity index is 1.30. The molecule has 7 heteroatoms. The molecule has 154 valence electrons. The summed E-state index contributed by atoms with van der Waals surface area (Å²) in [6.07, 6.45) is 11.1. The van der Waals surface area contributed by atoms with Crippen molar-refractivity contribution in [1.82, 2.24) is 15.3 Å². The van der Waals surface area contributed by atoms with Gasteiger partial charge in [0, 0.05) is 29.4 Å². The highest BCUT2D eigenvalue weighted by Gasteiger charge is 2.49. The molecule has 0 unspecified atom stereocenters. The van der Waals surface area contributed by atoms with E-state index < -0.39 is 11.8 Å². The van der Waals surface area contributed by atoms with Crippen molar-refractivity contribution in [3.05, 3.63) is 47.3 Å². The van der Waals surface area contributed by atoms with Gasteiger partial charge in [0.15, 0.2) is 11.3 Å². The Hall–Kier alpha value is -3.09. The first-order chi connectivity index (χ1) is 14.6. The highest BCUT2D eigenvalue weighted by molar-refractivity contribution is 6.26. The molecule has 0 atom stereocenters. The average Bonchev–Trinajstić information content (AvgIpc) is 3.25. The third-order valence-electron chi connectivity index (χ3n) is 7.40. The molecule has 0 radical (unpaired) electrons. The quantitative estimate of drug-likeness (QED) is 0.533. The van der Waals surface area contributed by atoms with Gasteiger partial charge in [-0.2, -0.15) is 0 Å². The second kappa shape index (κ2) is 6.45. The van der Waals surface area contributed by atoms with Gasteiger partial charge in [-0.25, -0.2) is 9.78 Å². The van der Waals surface area contributed by atoms with Gasteiger partial charge in [0.1, 0.15) is 5.65 Å². The lowest BCUT2D eigenvalue weighted by atomic mass is 9.54. The van der Waals surface area contributed by atoms with E-state index in [2.05, 4.69) is 15.3 Å². The molecular formula is C23H23N3O4. The Morgan fingerprint density at radius 3 is 2.63 bits per heavy atom. The number of allylic oxidation sites excluding steroid dienone is 1. The lowest BCUT2D eigenvalue weighted by Crippen LogP contribution is -2.54. The van der Waals surface area contributed by atoms with Crippen LogP contribution in [0.1, 0.15) is 37.7 Å². The Labute approximate surface area is 173 Å². The molecule has 2 aromatic heterocycles. The summed E-state index contributed by atoms with van der Waals surface area (Å²) >= 11 is 0. The molecule has 0 saturated heterocycles. The third kappa shape index (κ3) is 2.68. The Morgan fingerprint density at radius 1 is 1.20 bits per heavy atom. The maximum atomic E-state index is 12.9. The number of H-pyrrole nitrogens is 1. The molecule has 3 heterocycles. The van der Waals surface area contributed by atoms with Gasteiger partial charge in [0.25, 0.3) is 0 Å². The van der Waals surface area contributed by atoms with Crippen LogP contribution in [0.15, 0.2) is 41.7 Å². The van der Waals surface area contributed by atoms with Crippen LogP contribution >= 0.6 is 0 Å². The largest absolute Gasteiger partial charge is 0.477 e. The molecule has 4 aliphatic carbocycles. The number of nitrogens with zero attached hydrogens (tertiary/aromatic N) is 1. The van der Waals surface area contributed by atoms with E-state index in [1.165, 1.54) is 32.1 Å². The van der Waals surface area contributed by atoms with Gasteiger partial charge in [-0.1, -0.05) is 0 Å². The minimum Gasteiger partial charge on any atom is -0.477 e. The first kappa shape index (κ1) is 17.7. The van der Waals surface area contributed by atoms with Crippen molar-refractivity contribution in [3.8, 4) is 0 Å². The number of ketones is 1. The van der Waals surface area contributed by atoms with Crippen molar-refractivity contribution >= 4 is 28.9 Å². The number of aromatic nitrogens is 2. The van der Waals surface area contributed by atoms with Crippen molar-refractivity contribution in [2.24, 2.45) is 23.7 Å². The van der Waals surface area contributed by atoms with Crippen LogP contribution in [0.3, 0.4) is 0 Å². The van der Waals surface area contributed by atoms with Crippen LogP contribution in [0.5, 0.6) is 0 Å². The average molecular weight is 405 g/mol. The van der Waals surface area contributed by atoms with Crippen LogP contribution in [-0.2, 0) is 14.3 Å². The van der Waals surface area contributed by atoms with Crippen molar-refractivity contribution < 1.29 is 19.4 Å². The molecule has 30 heavy (non-hydrogen) atoms. The topological polar surface area (TPSA) is 104 Å². The van der Waals surface area contributed by atoms with Crippen molar-refractivity contribution in [2.75, 3.05) is 0 Å². The number of hydrogen-bond acceptors (Lipinski definition) is 5. The Morgan fingerprint density at radius 2 is 1.93 bits per heavy atom. The molecular weight excluding hydrogens is 382 g/mol. The van der Waals surface area contributed by atoms with Crippen LogP contribution in [0.4, 0.5) is 0 Å². The summed E-state index contributed by atoms with van der Waals surface area (Å²) in [6.45, 7) is 0. The number of carboxylic acid groups (broad SMARTS) is 1. The highest BCUT2D eigenvalue weighted by atomic mass is 16.5. The number of carbonyl (C=O) groups is 2. The van der Waals surface area contributed by atoms with E-state index in [9.17, 15) is 14.7 Å². The summed E-state index contributed by atoms with van der Waals surface area (Å²) in [4.78, 5) is 32.1. The Kier molecular flexibility index (Phi) is 3.82. The predicted molar refractivity (Wildman–Crippen MR) is 109 cm³/mol. The van der Waals surface area contributed by atoms with E-state index in [-0.39, 0.29) is 23.3 Å². The molecule has 4 fully saturated rings. The van der Waals surface area contributed by atoms with Gasteiger partial charge < -0.3 is 20.1 Å². The molecule has 0 amide bonds. The van der Waals surface area contributed by atoms with Gasteiger partial charge in [-0.05, 0) is 74.0 Å². The molecule has 5 aliphatic rings. The summed E-state index contributed by atoms with van der Waals surface area (Å²) in [5.41, 5.74) is 1.14. The minimum atomic E-state index is -1.25. The number of fused-ring (bicyclic) bond motifs is 1. The first-order valence-electron chi connectivity index (χ1n) is 10.7. The van der Waals surface area contributed by atoms with Gasteiger partial charge in [-0.15, -0.1) is 0 Å². The molecule has 1 aliphatic heterocycles. The van der Waals surface area contributed by atoms with Gasteiger partial charge in [0.2, 0.25) is 11.7 Å². The number of rotatable bonds is 4. The number of carboxylic acids is 1. The summed E-state index contributed by atoms with van der Waals surface area (Å²) in [7, 11) is 0. The van der Waals surface area contributed by atoms with E-state index in [1.807, 2.05) is 12.1 Å². The summed E-state index contributed by atoms with van der Waals surface area (Å²) < 4.78 is 5.84. The number of nitrogens with one attached hydrogen (secondary N) is 2. The predicted octanol–water partition coefficient (Wildman–Crippen LogP) is 3.21. The molecule has 4 saturated carbocycles. The molecule has 2 aromatic rings. The molecule has 7 rings (SSSR count). The fraction of sp³-hybridized carbons (Fsp3) is 0.435. The van der Waals surface area contributed by atoms with Gasteiger partial charge >= 0.3 is 5.97 Å². The number of hydrogen-bond donors (Lipinski definition) is 3. The number of aliphatic carboxylic acids is 1. The van der Waals surface area contributed by atoms with Crippen LogP contribution in [-0.4, -0.2) is 32.9 Å². The molecule has 4 bridgehead atoms. The number of carbonyl (C=O) groups excluding carboxylic acids is 1. The molecule has 3 N–H and O–H groups in total. The lowest BCUT2D eigenvalue weighted by molar-refractivity contribution is -0.134. The monoisotopic (exact) mass is 405 g/mol. The normalized spacial score (nSPS) is 33.5. The zero-order valence-electron chi connectivity index (χ0n) is 16.4. The lowest BCUT2D eigenvalue weighted by Gasteiger charge is -2.54. The van der Waals surface area contributed by atoms with Crippen LogP contribution in [0, 0.1) is 23.7 Å². The Bertz CT molecular complexity index is 1100. The number of aromatic amines is 1. The summed E-state index contributed by atoms with van der Waals surface area (Å²) in [6, 6.07) is 3.89. The van der Waals surface area contributed by atoms with Gasteiger partial charge in [0.05, 0.1) is 0 Å². The second-order valence-corrected chi connectivity index (χ2v) is 9.19. The van der Waals surface area contributed by atoms with Gasteiger partial charge in [-0.3, -0.25) is 4.79 Å². The van der Waals surface area contributed by atoms with E-state index in [0.29, 0.717) is 17.5 Å². The van der Waals surface area contributed by atoms with E-state index >= 15 is 0 Å². The van der Waals surface area contributed by atoms with E-state index in [1.54, 1.807) is 18.5 Å². The SMILES string of the molecule is O=C(O)C1=C(NC2C3CC4CC(C3)CC2C4)OC(=Cc2c[nH]c3ncccc23)C1=O. The molecule has 0 aromatic carbocycles. The van der Waals surface area contributed by atoms with E-state index in [0.717, 1.165) is 22.8 Å².